The first kappa shape index (κ1) is 16.7. The highest BCUT2D eigenvalue weighted by Gasteiger charge is 2.20. The molecule has 0 aromatic carbocycles. The summed E-state index contributed by atoms with van der Waals surface area (Å²) in [6.45, 7) is 5.85. The molecule has 0 aliphatic carbocycles. The molecule has 0 aliphatic heterocycles. The minimum Gasteiger partial charge on any atom is -0.478 e. The summed E-state index contributed by atoms with van der Waals surface area (Å²) in [4.78, 5) is 13.0. The van der Waals surface area contributed by atoms with Crippen LogP contribution in [0.2, 0.25) is 0 Å². The van der Waals surface area contributed by atoms with Crippen molar-refractivity contribution >= 4 is 5.97 Å². The molecule has 5 nitrogen and oxygen atoms in total. The Morgan fingerprint density at radius 1 is 1.40 bits per heavy atom. The number of nitrogens with zero attached hydrogens (tertiary/aromatic N) is 1. The van der Waals surface area contributed by atoms with Crippen LogP contribution >= 0.6 is 0 Å². The van der Waals surface area contributed by atoms with Crippen LogP contribution in [0, 0.1) is 5.92 Å². The van der Waals surface area contributed by atoms with E-state index in [2.05, 4.69) is 38.2 Å². The first-order chi connectivity index (χ1) is 9.49. The molecule has 0 bridgehead atoms. The van der Waals surface area contributed by atoms with Crippen molar-refractivity contribution in [3.8, 4) is 0 Å². The van der Waals surface area contributed by atoms with E-state index in [0.717, 1.165) is 19.4 Å². The van der Waals surface area contributed by atoms with E-state index in [1.807, 2.05) is 0 Å². The van der Waals surface area contributed by atoms with Gasteiger partial charge in [0.15, 0.2) is 0 Å². The average molecular weight is 282 g/mol. The summed E-state index contributed by atoms with van der Waals surface area (Å²) in [5.41, 5.74) is 0.200. The van der Waals surface area contributed by atoms with E-state index in [1.54, 1.807) is 6.07 Å². The summed E-state index contributed by atoms with van der Waals surface area (Å²) < 4.78 is 5.22. The van der Waals surface area contributed by atoms with Gasteiger partial charge in [-0.1, -0.05) is 26.7 Å². The molecule has 1 aromatic rings. The second kappa shape index (κ2) is 8.07. The Morgan fingerprint density at radius 2 is 2.05 bits per heavy atom. The smallest absolute Gasteiger partial charge is 0.338 e. The zero-order valence-corrected chi connectivity index (χ0v) is 12.8. The van der Waals surface area contributed by atoms with Gasteiger partial charge in [-0.2, -0.15) is 0 Å². The molecule has 0 aliphatic rings. The number of hydrogen-bond acceptors (Lipinski definition) is 4. The lowest BCUT2D eigenvalue weighted by Gasteiger charge is -2.31. The van der Waals surface area contributed by atoms with Gasteiger partial charge in [0.2, 0.25) is 0 Å². The summed E-state index contributed by atoms with van der Waals surface area (Å²) in [5, 5.41) is 12.2. The Labute approximate surface area is 121 Å². The number of hydrogen-bond donors (Lipinski definition) is 2. The van der Waals surface area contributed by atoms with Gasteiger partial charge in [0, 0.05) is 12.6 Å². The quantitative estimate of drug-likeness (QED) is 0.728. The zero-order valence-electron chi connectivity index (χ0n) is 12.8. The summed E-state index contributed by atoms with van der Waals surface area (Å²) in [5.74, 6) is 0.358. The van der Waals surface area contributed by atoms with Gasteiger partial charge in [0.05, 0.1) is 12.1 Å². The number of aromatic carboxylic acids is 1. The third-order valence-corrected chi connectivity index (χ3v) is 3.81. The van der Waals surface area contributed by atoms with Crippen LogP contribution in [-0.2, 0) is 6.54 Å². The van der Waals surface area contributed by atoms with Crippen molar-refractivity contribution < 1.29 is 14.3 Å². The van der Waals surface area contributed by atoms with E-state index >= 15 is 0 Å². The highest BCUT2D eigenvalue weighted by atomic mass is 16.4. The second-order valence-electron chi connectivity index (χ2n) is 5.35. The molecule has 0 saturated heterocycles. The molecule has 1 atom stereocenters. The summed E-state index contributed by atoms with van der Waals surface area (Å²) in [6.07, 6.45) is 3.60. The van der Waals surface area contributed by atoms with E-state index in [-0.39, 0.29) is 5.56 Å². The van der Waals surface area contributed by atoms with Crippen LogP contribution in [0.4, 0.5) is 0 Å². The molecule has 0 saturated carbocycles. The number of carboxylic acids is 1. The van der Waals surface area contributed by atoms with Gasteiger partial charge in [-0.3, -0.25) is 0 Å². The van der Waals surface area contributed by atoms with E-state index < -0.39 is 5.97 Å². The summed E-state index contributed by atoms with van der Waals surface area (Å²) in [6, 6.07) is 2.04. The highest BCUT2D eigenvalue weighted by Crippen LogP contribution is 2.16. The van der Waals surface area contributed by atoms with Gasteiger partial charge >= 0.3 is 5.97 Å². The van der Waals surface area contributed by atoms with Gasteiger partial charge < -0.3 is 19.7 Å². The molecule has 1 heterocycles. The molecule has 2 N–H and O–H groups in total. The lowest BCUT2D eigenvalue weighted by atomic mass is 9.93. The van der Waals surface area contributed by atoms with E-state index in [4.69, 9.17) is 9.52 Å². The minimum absolute atomic E-state index is 0.200. The largest absolute Gasteiger partial charge is 0.478 e. The minimum atomic E-state index is -0.955. The highest BCUT2D eigenvalue weighted by molar-refractivity contribution is 5.87. The maximum absolute atomic E-state index is 10.8. The van der Waals surface area contributed by atoms with Gasteiger partial charge in [-0.15, -0.1) is 0 Å². The average Bonchev–Trinajstić information content (AvgIpc) is 2.87. The number of furan rings is 1. The Bertz CT molecular complexity index is 411. The maximum Gasteiger partial charge on any atom is 0.338 e. The fraction of sp³-hybridized carbons (Fsp3) is 0.667. The molecule has 0 spiro atoms. The van der Waals surface area contributed by atoms with E-state index in [0.29, 0.717) is 24.3 Å². The normalized spacial score (nSPS) is 13.1. The molecule has 0 fully saturated rings. The van der Waals surface area contributed by atoms with Crippen molar-refractivity contribution in [3.05, 3.63) is 23.7 Å². The third-order valence-electron chi connectivity index (χ3n) is 3.81. The first-order valence-corrected chi connectivity index (χ1v) is 7.17. The van der Waals surface area contributed by atoms with Crippen molar-refractivity contribution in [2.75, 3.05) is 20.6 Å². The Balaban J connectivity index is 2.49. The maximum atomic E-state index is 10.8. The monoisotopic (exact) mass is 282 g/mol. The topological polar surface area (TPSA) is 65.7 Å². The van der Waals surface area contributed by atoms with Crippen LogP contribution in [0.25, 0.3) is 0 Å². The second-order valence-corrected chi connectivity index (χ2v) is 5.35. The molecule has 0 amide bonds. The zero-order chi connectivity index (χ0) is 15.1. The number of rotatable bonds is 9. The number of nitrogens with one attached hydrogen (secondary N) is 1. The molecule has 1 unspecified atom stereocenters. The van der Waals surface area contributed by atoms with Crippen molar-refractivity contribution in [1.82, 2.24) is 10.2 Å². The van der Waals surface area contributed by atoms with Crippen LogP contribution < -0.4 is 5.32 Å². The van der Waals surface area contributed by atoms with Crippen molar-refractivity contribution in [2.24, 2.45) is 5.92 Å². The molecule has 0 radical (unpaired) electrons. The predicted octanol–water partition coefficient (Wildman–Crippen LogP) is 2.43. The molecular formula is C15H26N2O3. The fourth-order valence-electron chi connectivity index (χ4n) is 2.53. The fourth-order valence-corrected chi connectivity index (χ4v) is 2.53. The third kappa shape index (κ3) is 4.65. The predicted molar refractivity (Wildman–Crippen MR) is 78.9 cm³/mol. The van der Waals surface area contributed by atoms with Gasteiger partial charge in [0.1, 0.15) is 12.0 Å². The van der Waals surface area contributed by atoms with Crippen molar-refractivity contribution in [2.45, 2.75) is 39.3 Å². The van der Waals surface area contributed by atoms with Crippen LogP contribution in [-0.4, -0.2) is 42.7 Å². The Morgan fingerprint density at radius 3 is 2.50 bits per heavy atom. The van der Waals surface area contributed by atoms with Crippen molar-refractivity contribution in [1.29, 1.82) is 0 Å². The SMILES string of the molecule is CCC(CC)C(CNCc1cc(C(=O)O)co1)N(C)C. The molecule has 1 aromatic heterocycles. The van der Waals surface area contributed by atoms with Crippen LogP contribution in [0.3, 0.4) is 0 Å². The molecule has 20 heavy (non-hydrogen) atoms. The Hall–Kier alpha value is -1.33. The van der Waals surface area contributed by atoms with Crippen LogP contribution in [0.15, 0.2) is 16.7 Å². The van der Waals surface area contributed by atoms with Gasteiger partial charge in [-0.05, 0) is 26.1 Å². The number of likely N-dealkylation sites (N-methyl/N-ethyl adjacent to an activating group) is 1. The summed E-state index contributed by atoms with van der Waals surface area (Å²) >= 11 is 0. The molecule has 114 valence electrons. The lowest BCUT2D eigenvalue weighted by molar-refractivity contribution is 0.0696. The van der Waals surface area contributed by atoms with Gasteiger partial charge in [-0.25, -0.2) is 4.79 Å². The van der Waals surface area contributed by atoms with Gasteiger partial charge in [0.25, 0.3) is 0 Å². The first-order valence-electron chi connectivity index (χ1n) is 7.17. The standard InChI is InChI=1S/C15H26N2O3/c1-5-11(6-2)14(17(3)4)9-16-8-13-7-12(10-20-13)15(18)19/h7,10-11,14,16H,5-6,8-9H2,1-4H3,(H,18,19). The van der Waals surface area contributed by atoms with E-state index in [9.17, 15) is 4.79 Å². The molecular weight excluding hydrogens is 256 g/mol. The molecule has 5 heteroatoms. The van der Waals surface area contributed by atoms with E-state index in [1.165, 1.54) is 6.26 Å². The van der Waals surface area contributed by atoms with Crippen LogP contribution in [0.1, 0.15) is 42.8 Å². The van der Waals surface area contributed by atoms with Crippen molar-refractivity contribution in [3.63, 3.8) is 0 Å². The Kier molecular flexibility index (Phi) is 6.75. The lowest BCUT2D eigenvalue weighted by Crippen LogP contribution is -2.42. The molecule has 1 rings (SSSR count). The number of carbonyl (C=O) groups is 1. The summed E-state index contributed by atoms with van der Waals surface area (Å²) in [7, 11) is 4.19. The number of carboxylic acid groups (broad SMARTS) is 1. The van der Waals surface area contributed by atoms with Crippen LogP contribution in [0.5, 0.6) is 0 Å².